The summed E-state index contributed by atoms with van der Waals surface area (Å²) < 4.78 is 26.8. The van der Waals surface area contributed by atoms with Gasteiger partial charge in [0.2, 0.25) is 10.0 Å². The van der Waals surface area contributed by atoms with Gasteiger partial charge in [0.25, 0.3) is 0 Å². The van der Waals surface area contributed by atoms with Crippen molar-refractivity contribution in [2.45, 2.75) is 24.4 Å². The highest BCUT2D eigenvalue weighted by molar-refractivity contribution is 7.89. The molecule has 0 spiro atoms. The number of hydrogen-bond donors (Lipinski definition) is 2. The second-order valence-electron chi connectivity index (χ2n) is 6.32. The van der Waals surface area contributed by atoms with Gasteiger partial charge in [0.05, 0.1) is 22.3 Å². The van der Waals surface area contributed by atoms with E-state index in [2.05, 4.69) is 31.7 Å². The van der Waals surface area contributed by atoms with Gasteiger partial charge in [-0.3, -0.25) is 4.90 Å². The number of aromatic nitrogens is 2. The Kier molecular flexibility index (Phi) is 4.07. The number of hydrogen-bond acceptors (Lipinski definition) is 4. The van der Waals surface area contributed by atoms with Crippen LogP contribution in [0.15, 0.2) is 47.6 Å². The molecule has 130 valence electrons. The standard InChI is InChI=1S/C18H20N4O2S/c1-19-25(23,24)18-4-2-3-14-11-22(8-7-15(14)18)10-13-5-6-16-17(9-13)21-12-20-16/h2-6,9,12,19H,7-8,10-11H2,1H3,(H,20,21). The van der Waals surface area contributed by atoms with Crippen LogP contribution in [0.25, 0.3) is 11.0 Å². The second kappa shape index (κ2) is 6.25. The molecule has 2 aromatic carbocycles. The first kappa shape index (κ1) is 16.3. The average Bonchev–Trinajstić information content (AvgIpc) is 3.08. The van der Waals surface area contributed by atoms with Crippen molar-refractivity contribution in [1.29, 1.82) is 0 Å². The smallest absolute Gasteiger partial charge is 0.240 e. The lowest BCUT2D eigenvalue weighted by atomic mass is 9.99. The van der Waals surface area contributed by atoms with Crippen molar-refractivity contribution < 1.29 is 8.42 Å². The van der Waals surface area contributed by atoms with Crippen LogP contribution in [0.3, 0.4) is 0 Å². The van der Waals surface area contributed by atoms with E-state index < -0.39 is 10.0 Å². The molecule has 0 radical (unpaired) electrons. The molecule has 0 saturated carbocycles. The molecule has 4 rings (SSSR count). The fraction of sp³-hybridized carbons (Fsp3) is 0.278. The van der Waals surface area contributed by atoms with Crippen LogP contribution >= 0.6 is 0 Å². The van der Waals surface area contributed by atoms with Gasteiger partial charge >= 0.3 is 0 Å². The van der Waals surface area contributed by atoms with Gasteiger partial charge in [0, 0.05) is 19.6 Å². The highest BCUT2D eigenvalue weighted by atomic mass is 32.2. The quantitative estimate of drug-likeness (QED) is 0.750. The Labute approximate surface area is 146 Å². The number of rotatable bonds is 4. The van der Waals surface area contributed by atoms with Crippen molar-refractivity contribution >= 4 is 21.1 Å². The van der Waals surface area contributed by atoms with Gasteiger partial charge in [-0.1, -0.05) is 18.2 Å². The van der Waals surface area contributed by atoms with Crippen molar-refractivity contribution in [2.24, 2.45) is 0 Å². The molecule has 7 heteroatoms. The molecule has 0 fully saturated rings. The first-order chi connectivity index (χ1) is 12.1. The molecule has 6 nitrogen and oxygen atoms in total. The molecule has 25 heavy (non-hydrogen) atoms. The number of fused-ring (bicyclic) bond motifs is 2. The van der Waals surface area contributed by atoms with Crippen LogP contribution in [-0.2, 0) is 29.5 Å². The molecule has 2 N–H and O–H groups in total. The maximum atomic E-state index is 12.2. The number of aromatic amines is 1. The molecule has 2 heterocycles. The maximum absolute atomic E-state index is 12.2. The first-order valence-electron chi connectivity index (χ1n) is 8.25. The lowest BCUT2D eigenvalue weighted by Gasteiger charge is -2.30. The van der Waals surface area contributed by atoms with E-state index in [4.69, 9.17) is 0 Å². The zero-order chi connectivity index (χ0) is 17.4. The van der Waals surface area contributed by atoms with Crippen molar-refractivity contribution in [3.8, 4) is 0 Å². The van der Waals surface area contributed by atoms with Crippen LogP contribution in [0.1, 0.15) is 16.7 Å². The van der Waals surface area contributed by atoms with Crippen LogP contribution in [0.4, 0.5) is 0 Å². The minimum absolute atomic E-state index is 0.408. The third kappa shape index (κ3) is 3.06. The van der Waals surface area contributed by atoms with E-state index in [1.54, 1.807) is 12.4 Å². The van der Waals surface area contributed by atoms with Crippen molar-refractivity contribution in [1.82, 2.24) is 19.6 Å². The van der Waals surface area contributed by atoms with E-state index in [-0.39, 0.29) is 0 Å². The molecule has 1 aliphatic heterocycles. The zero-order valence-electron chi connectivity index (χ0n) is 14.0. The summed E-state index contributed by atoms with van der Waals surface area (Å²) in [5.41, 5.74) is 5.26. The first-order valence-corrected chi connectivity index (χ1v) is 9.74. The second-order valence-corrected chi connectivity index (χ2v) is 8.17. The average molecular weight is 356 g/mol. The fourth-order valence-corrected chi connectivity index (χ4v) is 4.50. The van der Waals surface area contributed by atoms with E-state index >= 15 is 0 Å². The molecule has 0 amide bonds. The van der Waals surface area contributed by atoms with Gasteiger partial charge in [-0.2, -0.15) is 0 Å². The Balaban J connectivity index is 1.58. The van der Waals surface area contributed by atoms with Crippen LogP contribution in [0.2, 0.25) is 0 Å². The van der Waals surface area contributed by atoms with Crippen LogP contribution in [0, 0.1) is 0 Å². The van der Waals surface area contributed by atoms with Crippen molar-refractivity contribution in [3.05, 3.63) is 59.4 Å². The fourth-order valence-electron chi connectivity index (χ4n) is 3.47. The molecule has 0 unspecified atom stereocenters. The topological polar surface area (TPSA) is 78.1 Å². The van der Waals surface area contributed by atoms with Gasteiger partial charge in [0.15, 0.2) is 0 Å². The Hall–Kier alpha value is -2.22. The van der Waals surface area contributed by atoms with E-state index in [0.717, 1.165) is 48.2 Å². The molecule has 0 atom stereocenters. The summed E-state index contributed by atoms with van der Waals surface area (Å²) in [5, 5.41) is 0. The number of sulfonamides is 1. The molecule has 0 aliphatic carbocycles. The predicted molar refractivity (Wildman–Crippen MR) is 96.6 cm³/mol. The molecular weight excluding hydrogens is 336 g/mol. The zero-order valence-corrected chi connectivity index (χ0v) is 14.8. The lowest BCUT2D eigenvalue weighted by molar-refractivity contribution is 0.244. The lowest BCUT2D eigenvalue weighted by Crippen LogP contribution is -2.32. The molecule has 0 bridgehead atoms. The van der Waals surface area contributed by atoms with E-state index in [0.29, 0.717) is 4.90 Å². The summed E-state index contributed by atoms with van der Waals surface area (Å²) in [6, 6.07) is 11.8. The number of benzene rings is 2. The number of imidazole rings is 1. The van der Waals surface area contributed by atoms with Crippen molar-refractivity contribution in [3.63, 3.8) is 0 Å². The predicted octanol–water partition coefficient (Wildman–Crippen LogP) is 2.03. The molecule has 1 aliphatic rings. The summed E-state index contributed by atoms with van der Waals surface area (Å²) in [4.78, 5) is 10.1. The highest BCUT2D eigenvalue weighted by Crippen LogP contribution is 2.26. The minimum atomic E-state index is -3.41. The molecular formula is C18H20N4O2S. The summed E-state index contributed by atoms with van der Waals surface area (Å²) in [6.07, 6.45) is 2.44. The molecule has 1 aromatic heterocycles. The number of nitrogens with one attached hydrogen (secondary N) is 2. The Morgan fingerprint density at radius 2 is 2.16 bits per heavy atom. The number of nitrogens with zero attached hydrogens (tertiary/aromatic N) is 2. The number of H-pyrrole nitrogens is 1. The van der Waals surface area contributed by atoms with E-state index in [1.807, 2.05) is 18.2 Å². The van der Waals surface area contributed by atoms with Gasteiger partial charge in [-0.05, 0) is 48.4 Å². The maximum Gasteiger partial charge on any atom is 0.240 e. The highest BCUT2D eigenvalue weighted by Gasteiger charge is 2.24. The summed E-state index contributed by atoms with van der Waals surface area (Å²) in [6.45, 7) is 2.42. The Morgan fingerprint density at radius 3 is 3.00 bits per heavy atom. The minimum Gasteiger partial charge on any atom is -0.345 e. The monoisotopic (exact) mass is 356 g/mol. The van der Waals surface area contributed by atoms with E-state index in [9.17, 15) is 8.42 Å². The van der Waals surface area contributed by atoms with Crippen molar-refractivity contribution in [2.75, 3.05) is 13.6 Å². The Bertz CT molecular complexity index is 1030. The summed E-state index contributed by atoms with van der Waals surface area (Å²) in [7, 11) is -1.96. The molecule has 3 aromatic rings. The summed E-state index contributed by atoms with van der Waals surface area (Å²) in [5.74, 6) is 0. The Morgan fingerprint density at radius 1 is 1.28 bits per heavy atom. The van der Waals surface area contributed by atoms with Crippen LogP contribution in [0.5, 0.6) is 0 Å². The SMILES string of the molecule is CNS(=O)(=O)c1cccc2c1CCN(Cc1ccc3nc[nH]c3c1)C2. The third-order valence-corrected chi connectivity index (χ3v) is 6.25. The molecule has 0 saturated heterocycles. The largest absolute Gasteiger partial charge is 0.345 e. The van der Waals surface area contributed by atoms with E-state index in [1.165, 1.54) is 12.6 Å². The summed E-state index contributed by atoms with van der Waals surface area (Å²) >= 11 is 0. The van der Waals surface area contributed by atoms with Gasteiger partial charge in [-0.15, -0.1) is 0 Å². The van der Waals surface area contributed by atoms with Gasteiger partial charge in [-0.25, -0.2) is 18.1 Å². The van der Waals surface area contributed by atoms with Crippen LogP contribution < -0.4 is 4.72 Å². The van der Waals surface area contributed by atoms with Crippen LogP contribution in [-0.4, -0.2) is 36.9 Å². The normalized spacial score (nSPS) is 15.4. The van der Waals surface area contributed by atoms with Gasteiger partial charge in [0.1, 0.15) is 0 Å². The third-order valence-electron chi connectivity index (χ3n) is 4.75. The van der Waals surface area contributed by atoms with Gasteiger partial charge < -0.3 is 4.98 Å².